The van der Waals surface area contributed by atoms with E-state index in [0.717, 1.165) is 49.0 Å². The van der Waals surface area contributed by atoms with Gasteiger partial charge in [-0.1, -0.05) is 18.7 Å². The lowest BCUT2D eigenvalue weighted by molar-refractivity contribution is -0.111. The minimum atomic E-state index is -0.296. The number of carbonyl (C=O) groups is 1. The van der Waals surface area contributed by atoms with Crippen LogP contribution in [0.3, 0.4) is 0 Å². The maximum atomic E-state index is 11.9. The van der Waals surface area contributed by atoms with E-state index in [1.54, 1.807) is 18.3 Å². The normalized spacial score (nSPS) is 17.5. The van der Waals surface area contributed by atoms with Gasteiger partial charge < -0.3 is 30.1 Å². The number of benzene rings is 2. The first-order valence-corrected chi connectivity index (χ1v) is 13.4. The van der Waals surface area contributed by atoms with Gasteiger partial charge in [0.15, 0.2) is 11.9 Å². The molecule has 0 bridgehead atoms. The lowest BCUT2D eigenvalue weighted by Gasteiger charge is -2.29. The molecule has 0 radical (unpaired) electrons. The lowest BCUT2D eigenvalue weighted by atomic mass is 10.1. The van der Waals surface area contributed by atoms with Crippen molar-refractivity contribution in [2.45, 2.75) is 25.5 Å². The molecule has 2 fully saturated rings. The van der Waals surface area contributed by atoms with E-state index in [2.05, 4.69) is 27.2 Å². The van der Waals surface area contributed by atoms with E-state index in [0.29, 0.717) is 48.5 Å². The summed E-state index contributed by atoms with van der Waals surface area (Å²) in [5, 5.41) is 22.3. The summed E-state index contributed by atoms with van der Waals surface area (Å²) in [6, 6.07) is 12.9. The number of fused-ring (bicyclic) bond motifs is 1. The molecular formula is C29H31N7O4. The molecule has 6 rings (SSSR count). The second-order valence-electron chi connectivity index (χ2n) is 9.75. The maximum absolute atomic E-state index is 11.9. The molecule has 3 N–H and O–H groups in total. The summed E-state index contributed by atoms with van der Waals surface area (Å²) in [6.45, 7) is 6.91. The predicted octanol–water partition coefficient (Wildman–Crippen LogP) is 4.60. The number of carbonyl (C=O) groups excluding carboxylic acids is 1. The van der Waals surface area contributed by atoms with Crippen LogP contribution >= 0.6 is 0 Å². The van der Waals surface area contributed by atoms with Crippen molar-refractivity contribution < 1.29 is 19.4 Å². The van der Waals surface area contributed by atoms with Crippen molar-refractivity contribution in [3.8, 4) is 17.0 Å². The summed E-state index contributed by atoms with van der Waals surface area (Å²) in [5.74, 6) is 0.216. The Balaban J connectivity index is 1.39. The molecule has 1 amide bonds. The quantitative estimate of drug-likeness (QED) is 0.288. The van der Waals surface area contributed by atoms with Crippen LogP contribution in [0.5, 0.6) is 5.75 Å². The second kappa shape index (κ2) is 11.3. The van der Waals surface area contributed by atoms with Gasteiger partial charge in [-0.05, 0) is 49.6 Å². The van der Waals surface area contributed by atoms with E-state index in [-0.39, 0.29) is 17.9 Å². The summed E-state index contributed by atoms with van der Waals surface area (Å²) < 4.78 is 13.3. The van der Waals surface area contributed by atoms with E-state index >= 15 is 0 Å². The number of anilines is 4. The molecule has 2 aromatic heterocycles. The highest BCUT2D eigenvalue weighted by Crippen LogP contribution is 2.35. The van der Waals surface area contributed by atoms with E-state index in [1.165, 1.54) is 6.08 Å². The third-order valence-corrected chi connectivity index (χ3v) is 7.05. The Bertz CT molecular complexity index is 1540. The number of morpholine rings is 1. The summed E-state index contributed by atoms with van der Waals surface area (Å²) in [6.07, 6.45) is 5.69. The van der Waals surface area contributed by atoms with Gasteiger partial charge in [-0.15, -0.1) is 0 Å². The Morgan fingerprint density at radius 2 is 1.95 bits per heavy atom. The first kappa shape index (κ1) is 25.8. The zero-order chi connectivity index (χ0) is 27.5. The number of ether oxygens (including phenoxy) is 2. The van der Waals surface area contributed by atoms with Crippen molar-refractivity contribution in [2.24, 2.45) is 0 Å². The maximum Gasteiger partial charge on any atom is 0.247 e. The number of phenols is 1. The van der Waals surface area contributed by atoms with Crippen LogP contribution in [-0.2, 0) is 14.3 Å². The van der Waals surface area contributed by atoms with Gasteiger partial charge in [-0.25, -0.2) is 9.67 Å². The molecule has 11 nitrogen and oxygen atoms in total. The summed E-state index contributed by atoms with van der Waals surface area (Å²) >= 11 is 0. The number of phenolic OH excluding ortho intramolecular Hbond substituents is 1. The van der Waals surface area contributed by atoms with Crippen molar-refractivity contribution in [3.05, 3.63) is 61.3 Å². The Kier molecular flexibility index (Phi) is 7.30. The fourth-order valence-corrected chi connectivity index (χ4v) is 5.07. The number of aromatic nitrogens is 4. The lowest BCUT2D eigenvalue weighted by Crippen LogP contribution is -2.36. The van der Waals surface area contributed by atoms with Crippen molar-refractivity contribution in [1.29, 1.82) is 0 Å². The summed E-state index contributed by atoms with van der Waals surface area (Å²) in [5.41, 5.74) is 4.10. The summed E-state index contributed by atoms with van der Waals surface area (Å²) in [4.78, 5) is 23.7. The van der Waals surface area contributed by atoms with Gasteiger partial charge in [0, 0.05) is 42.7 Å². The van der Waals surface area contributed by atoms with Gasteiger partial charge in [0.05, 0.1) is 36.2 Å². The highest BCUT2D eigenvalue weighted by atomic mass is 16.5. The van der Waals surface area contributed by atoms with Gasteiger partial charge in [-0.2, -0.15) is 10.1 Å². The second-order valence-corrected chi connectivity index (χ2v) is 9.75. The Hall–Kier alpha value is -4.48. The monoisotopic (exact) mass is 541 g/mol. The topological polar surface area (TPSA) is 127 Å². The third kappa shape index (κ3) is 5.33. The Labute approximate surface area is 231 Å². The van der Waals surface area contributed by atoms with Crippen LogP contribution in [0.4, 0.5) is 23.0 Å². The number of hydrogen-bond acceptors (Lipinski definition) is 9. The van der Waals surface area contributed by atoms with Crippen molar-refractivity contribution in [1.82, 2.24) is 19.7 Å². The largest absolute Gasteiger partial charge is 0.506 e. The van der Waals surface area contributed by atoms with Crippen molar-refractivity contribution >= 4 is 40.0 Å². The highest BCUT2D eigenvalue weighted by molar-refractivity contribution is 6.00. The van der Waals surface area contributed by atoms with Crippen LogP contribution in [0.25, 0.3) is 22.3 Å². The fourth-order valence-electron chi connectivity index (χ4n) is 5.07. The molecule has 2 saturated heterocycles. The molecular weight excluding hydrogens is 510 g/mol. The smallest absolute Gasteiger partial charge is 0.247 e. The van der Waals surface area contributed by atoms with E-state index in [4.69, 9.17) is 19.4 Å². The molecule has 2 aliphatic rings. The van der Waals surface area contributed by atoms with Crippen LogP contribution in [0, 0.1) is 0 Å². The SMILES string of the molecule is C=CC(=O)Nc1cccc(-c2nc(Nc3ccc(N4CCOCC4)c(O)c3)nc3c2cnn3C2CCCCO2)c1. The highest BCUT2D eigenvalue weighted by Gasteiger charge is 2.23. The van der Waals surface area contributed by atoms with Crippen LogP contribution < -0.4 is 15.5 Å². The molecule has 11 heteroatoms. The Morgan fingerprint density at radius 3 is 2.73 bits per heavy atom. The third-order valence-electron chi connectivity index (χ3n) is 7.05. The Morgan fingerprint density at radius 1 is 1.07 bits per heavy atom. The number of nitrogens with one attached hydrogen (secondary N) is 2. The van der Waals surface area contributed by atoms with Gasteiger partial charge >= 0.3 is 0 Å². The van der Waals surface area contributed by atoms with Crippen LogP contribution in [0.15, 0.2) is 61.3 Å². The molecule has 4 aromatic rings. The molecule has 4 heterocycles. The molecule has 40 heavy (non-hydrogen) atoms. The van der Waals surface area contributed by atoms with Gasteiger partial charge in [0.2, 0.25) is 11.9 Å². The average Bonchev–Trinajstić information content (AvgIpc) is 3.42. The molecule has 0 spiro atoms. The van der Waals surface area contributed by atoms with E-state index < -0.39 is 0 Å². The molecule has 1 unspecified atom stereocenters. The van der Waals surface area contributed by atoms with Crippen LogP contribution in [0.2, 0.25) is 0 Å². The van der Waals surface area contributed by atoms with Gasteiger partial charge in [0.25, 0.3) is 0 Å². The van der Waals surface area contributed by atoms with Crippen molar-refractivity contribution in [3.63, 3.8) is 0 Å². The standard InChI is InChI=1S/C29H31N7O4/c1-2-25(38)31-20-7-5-6-19(16-20)27-22-18-30-36(26-8-3-4-13-40-26)28(22)34-29(33-27)32-21-9-10-23(24(37)17-21)35-11-14-39-15-12-35/h2,5-7,9-10,16-18,26,37H,1,3-4,8,11-15H2,(H,31,38)(H,32,33,34). The molecule has 1 atom stereocenters. The fraction of sp³-hybridized carbons (Fsp3) is 0.310. The van der Waals surface area contributed by atoms with Crippen LogP contribution in [0.1, 0.15) is 25.5 Å². The number of nitrogens with zero attached hydrogens (tertiary/aromatic N) is 5. The number of hydrogen-bond donors (Lipinski definition) is 3. The van der Waals surface area contributed by atoms with Crippen LogP contribution in [-0.4, -0.2) is 63.7 Å². The molecule has 206 valence electrons. The zero-order valence-electron chi connectivity index (χ0n) is 22.0. The molecule has 2 aromatic carbocycles. The number of aromatic hydroxyl groups is 1. The van der Waals surface area contributed by atoms with E-state index in [1.807, 2.05) is 35.0 Å². The van der Waals surface area contributed by atoms with Crippen molar-refractivity contribution in [2.75, 3.05) is 48.4 Å². The zero-order valence-corrected chi connectivity index (χ0v) is 22.0. The predicted molar refractivity (Wildman–Crippen MR) is 153 cm³/mol. The first-order chi connectivity index (χ1) is 19.6. The summed E-state index contributed by atoms with van der Waals surface area (Å²) in [7, 11) is 0. The average molecular weight is 542 g/mol. The minimum absolute atomic E-state index is 0.166. The van der Waals surface area contributed by atoms with Gasteiger partial charge in [-0.3, -0.25) is 4.79 Å². The molecule has 0 saturated carbocycles. The number of amides is 1. The van der Waals surface area contributed by atoms with Gasteiger partial charge in [0.1, 0.15) is 5.75 Å². The number of rotatable bonds is 7. The first-order valence-electron chi connectivity index (χ1n) is 13.4. The minimum Gasteiger partial charge on any atom is -0.506 e. The molecule has 2 aliphatic heterocycles. The van der Waals surface area contributed by atoms with E-state index in [9.17, 15) is 9.90 Å². The molecule has 0 aliphatic carbocycles.